The third-order valence-electron chi connectivity index (χ3n) is 3.31. The van der Waals surface area contributed by atoms with E-state index in [1.807, 2.05) is 37.4 Å². The van der Waals surface area contributed by atoms with Crippen LogP contribution in [0.1, 0.15) is 5.56 Å². The molecule has 0 aliphatic heterocycles. The molecule has 21 heavy (non-hydrogen) atoms. The van der Waals surface area contributed by atoms with Gasteiger partial charge in [0.05, 0.1) is 7.11 Å². The van der Waals surface area contributed by atoms with Gasteiger partial charge in [0.1, 0.15) is 6.33 Å². The molecule has 0 saturated heterocycles. The average molecular weight is 306 g/mol. The monoisotopic (exact) mass is 306 g/mol. The van der Waals surface area contributed by atoms with Crippen LogP contribution < -0.4 is 5.32 Å². The second-order valence-electron chi connectivity index (χ2n) is 4.47. The minimum atomic E-state index is -0.924. The largest absolute Gasteiger partial charge is 0.467 e. The van der Waals surface area contributed by atoms with Crippen molar-refractivity contribution in [2.75, 3.05) is 19.9 Å². The normalized spacial score (nSPS) is 13.7. The highest BCUT2D eigenvalue weighted by atomic mass is 32.2. The number of esters is 1. The fourth-order valence-corrected chi connectivity index (χ4v) is 3.19. The van der Waals surface area contributed by atoms with Gasteiger partial charge in [0.2, 0.25) is 0 Å². The number of methoxy groups -OCH3 is 1. The van der Waals surface area contributed by atoms with Crippen LogP contribution in [-0.4, -0.2) is 40.6 Å². The number of nitrogens with one attached hydrogen (secondary N) is 1. The molecule has 0 bridgehead atoms. The number of aromatic nitrogens is 3. The number of aryl methyl sites for hydroxylation is 1. The first-order chi connectivity index (χ1) is 10.1. The summed E-state index contributed by atoms with van der Waals surface area (Å²) in [4.78, 5) is 16.5. The molecule has 1 aromatic carbocycles. The Morgan fingerprint density at radius 1 is 1.43 bits per heavy atom. The maximum atomic E-state index is 12.4. The van der Waals surface area contributed by atoms with Crippen molar-refractivity contribution < 1.29 is 9.53 Å². The van der Waals surface area contributed by atoms with Crippen LogP contribution in [0.4, 0.5) is 0 Å². The SMILES string of the molecule is CNC(CSc1ncnn1C)(C(=O)OC)c1ccccc1. The van der Waals surface area contributed by atoms with Gasteiger partial charge in [-0.1, -0.05) is 42.1 Å². The number of ether oxygens (including phenoxy) is 1. The van der Waals surface area contributed by atoms with Crippen LogP contribution in [0.2, 0.25) is 0 Å². The van der Waals surface area contributed by atoms with E-state index >= 15 is 0 Å². The molecule has 0 spiro atoms. The van der Waals surface area contributed by atoms with E-state index in [-0.39, 0.29) is 5.97 Å². The highest BCUT2D eigenvalue weighted by molar-refractivity contribution is 7.99. The second-order valence-corrected chi connectivity index (χ2v) is 5.41. The summed E-state index contributed by atoms with van der Waals surface area (Å²) < 4.78 is 6.68. The maximum absolute atomic E-state index is 12.4. The minimum Gasteiger partial charge on any atom is -0.467 e. The van der Waals surface area contributed by atoms with E-state index in [1.54, 1.807) is 11.7 Å². The Morgan fingerprint density at radius 2 is 2.14 bits per heavy atom. The predicted molar refractivity (Wildman–Crippen MR) is 80.9 cm³/mol. The second kappa shape index (κ2) is 6.73. The predicted octanol–water partition coefficient (Wildman–Crippen LogP) is 1.20. The van der Waals surface area contributed by atoms with Crippen LogP contribution in [0.5, 0.6) is 0 Å². The third kappa shape index (κ3) is 3.08. The lowest BCUT2D eigenvalue weighted by atomic mass is 9.92. The summed E-state index contributed by atoms with van der Waals surface area (Å²) in [5, 5.41) is 7.89. The molecule has 0 radical (unpaired) electrons. The van der Waals surface area contributed by atoms with Crippen molar-refractivity contribution in [3.63, 3.8) is 0 Å². The van der Waals surface area contributed by atoms with Crippen LogP contribution in [0.25, 0.3) is 0 Å². The van der Waals surface area contributed by atoms with E-state index < -0.39 is 5.54 Å². The fourth-order valence-electron chi connectivity index (χ4n) is 2.06. The number of thioether (sulfide) groups is 1. The Balaban J connectivity index is 2.32. The van der Waals surface area contributed by atoms with E-state index in [1.165, 1.54) is 25.2 Å². The highest BCUT2D eigenvalue weighted by Gasteiger charge is 2.40. The smallest absolute Gasteiger partial charge is 0.331 e. The van der Waals surface area contributed by atoms with Crippen molar-refractivity contribution in [2.24, 2.45) is 7.05 Å². The van der Waals surface area contributed by atoms with Gasteiger partial charge >= 0.3 is 5.97 Å². The Kier molecular flexibility index (Phi) is 4.98. The summed E-state index contributed by atoms with van der Waals surface area (Å²) in [7, 11) is 4.96. The zero-order valence-corrected chi connectivity index (χ0v) is 13.1. The van der Waals surface area contributed by atoms with Gasteiger partial charge in [-0.3, -0.25) is 0 Å². The third-order valence-corrected chi connectivity index (χ3v) is 4.52. The molecule has 1 unspecified atom stereocenters. The lowest BCUT2D eigenvalue weighted by molar-refractivity contribution is -0.147. The van der Waals surface area contributed by atoms with Gasteiger partial charge in [-0.05, 0) is 12.6 Å². The molecular weight excluding hydrogens is 288 g/mol. The van der Waals surface area contributed by atoms with Gasteiger partial charge in [-0.25, -0.2) is 14.5 Å². The summed E-state index contributed by atoms with van der Waals surface area (Å²) in [5.74, 6) is 0.123. The van der Waals surface area contributed by atoms with Crippen LogP contribution >= 0.6 is 11.8 Å². The zero-order chi connectivity index (χ0) is 15.3. The number of rotatable bonds is 6. The highest BCUT2D eigenvalue weighted by Crippen LogP contribution is 2.29. The summed E-state index contributed by atoms with van der Waals surface area (Å²) in [6, 6.07) is 9.53. The fraction of sp³-hybridized carbons (Fsp3) is 0.357. The molecule has 6 nitrogen and oxygen atoms in total. The molecule has 1 heterocycles. The average Bonchev–Trinajstić information content (AvgIpc) is 2.94. The number of carbonyl (C=O) groups is 1. The van der Waals surface area contributed by atoms with Crippen molar-refractivity contribution in [3.05, 3.63) is 42.2 Å². The first-order valence-corrected chi connectivity index (χ1v) is 7.42. The molecule has 112 valence electrons. The number of hydrogen-bond donors (Lipinski definition) is 1. The summed E-state index contributed by atoms with van der Waals surface area (Å²) in [6.07, 6.45) is 1.49. The molecule has 0 saturated carbocycles. The first-order valence-electron chi connectivity index (χ1n) is 6.43. The summed E-state index contributed by atoms with van der Waals surface area (Å²) in [6.45, 7) is 0. The number of hydrogen-bond acceptors (Lipinski definition) is 6. The Labute approximate surface area is 127 Å². The lowest BCUT2D eigenvalue weighted by Gasteiger charge is -2.30. The molecule has 0 fully saturated rings. The van der Waals surface area contributed by atoms with Crippen molar-refractivity contribution in [3.8, 4) is 0 Å². The van der Waals surface area contributed by atoms with Crippen molar-refractivity contribution >= 4 is 17.7 Å². The van der Waals surface area contributed by atoms with Gasteiger partial charge in [-0.15, -0.1) is 0 Å². The van der Waals surface area contributed by atoms with E-state index in [0.717, 1.165) is 10.7 Å². The standard InChI is InChI=1S/C14H18N4O2S/c1-15-14(12(19)20-3,11-7-5-4-6-8-11)9-21-13-16-10-17-18(13)2/h4-8,10,15H,9H2,1-3H3. The van der Waals surface area contributed by atoms with Crippen LogP contribution in [0, 0.1) is 0 Å². The van der Waals surface area contributed by atoms with Gasteiger partial charge in [0.15, 0.2) is 10.7 Å². The first kappa shape index (κ1) is 15.5. The molecule has 1 atom stereocenters. The van der Waals surface area contributed by atoms with Crippen molar-refractivity contribution in [1.82, 2.24) is 20.1 Å². The van der Waals surface area contributed by atoms with E-state index in [0.29, 0.717) is 5.75 Å². The van der Waals surface area contributed by atoms with Crippen molar-refractivity contribution in [1.29, 1.82) is 0 Å². The summed E-state index contributed by atoms with van der Waals surface area (Å²) in [5.41, 5.74) is -0.0684. The topological polar surface area (TPSA) is 69.0 Å². The summed E-state index contributed by atoms with van der Waals surface area (Å²) >= 11 is 1.45. The molecule has 1 aromatic heterocycles. The Bertz CT molecular complexity index is 602. The van der Waals surface area contributed by atoms with Crippen LogP contribution in [0.15, 0.2) is 41.8 Å². The number of nitrogens with zero attached hydrogens (tertiary/aromatic N) is 3. The molecule has 0 aliphatic rings. The molecule has 0 aliphatic carbocycles. The molecule has 2 rings (SSSR count). The van der Waals surface area contributed by atoms with E-state index in [9.17, 15) is 4.79 Å². The van der Waals surface area contributed by atoms with Gasteiger partial charge < -0.3 is 10.1 Å². The van der Waals surface area contributed by atoms with E-state index in [4.69, 9.17) is 4.74 Å². The van der Waals surface area contributed by atoms with Gasteiger partial charge in [0, 0.05) is 12.8 Å². The van der Waals surface area contributed by atoms with E-state index in [2.05, 4.69) is 15.4 Å². The molecule has 2 aromatic rings. The number of benzene rings is 1. The molecular formula is C14H18N4O2S. The van der Waals surface area contributed by atoms with Crippen LogP contribution in [0.3, 0.4) is 0 Å². The Hall–Kier alpha value is -1.86. The number of carbonyl (C=O) groups excluding carboxylic acids is 1. The minimum absolute atomic E-state index is 0.328. The van der Waals surface area contributed by atoms with Gasteiger partial charge in [0.25, 0.3) is 0 Å². The molecule has 1 N–H and O–H groups in total. The van der Waals surface area contributed by atoms with Crippen LogP contribution in [-0.2, 0) is 22.1 Å². The molecule has 0 amide bonds. The number of likely N-dealkylation sites (N-methyl/N-ethyl adjacent to an activating group) is 1. The zero-order valence-electron chi connectivity index (χ0n) is 12.2. The van der Waals surface area contributed by atoms with Gasteiger partial charge in [-0.2, -0.15) is 5.10 Å². The quantitative estimate of drug-likeness (QED) is 0.639. The Morgan fingerprint density at radius 3 is 2.67 bits per heavy atom. The maximum Gasteiger partial charge on any atom is 0.331 e. The van der Waals surface area contributed by atoms with Crippen molar-refractivity contribution in [2.45, 2.75) is 10.7 Å². The molecule has 7 heteroatoms. The lowest BCUT2D eigenvalue weighted by Crippen LogP contribution is -2.50.